The SMILES string of the molecule is COc1ccc([C@H]2CC(c3cc(C)cc(C)c3O)=NN2)cc1OC. The van der Waals surface area contributed by atoms with Crippen LogP contribution in [0.2, 0.25) is 0 Å². The van der Waals surface area contributed by atoms with Crippen LogP contribution in [0, 0.1) is 13.8 Å². The van der Waals surface area contributed by atoms with Gasteiger partial charge in [0.25, 0.3) is 0 Å². The highest BCUT2D eigenvalue weighted by atomic mass is 16.5. The van der Waals surface area contributed by atoms with Gasteiger partial charge in [0.1, 0.15) is 5.75 Å². The molecule has 0 saturated heterocycles. The Kier molecular flexibility index (Phi) is 4.34. The summed E-state index contributed by atoms with van der Waals surface area (Å²) in [6.45, 7) is 3.92. The van der Waals surface area contributed by atoms with Crippen molar-refractivity contribution in [1.29, 1.82) is 0 Å². The second kappa shape index (κ2) is 6.43. The number of rotatable bonds is 4. The zero-order valence-corrected chi connectivity index (χ0v) is 14.4. The Bertz CT molecular complexity index is 799. The summed E-state index contributed by atoms with van der Waals surface area (Å²) in [5.41, 5.74) is 7.85. The number of nitrogens with zero attached hydrogens (tertiary/aromatic N) is 1. The number of hydrazone groups is 1. The first-order valence-corrected chi connectivity index (χ1v) is 7.88. The Morgan fingerprint density at radius 2 is 1.83 bits per heavy atom. The minimum Gasteiger partial charge on any atom is -0.507 e. The van der Waals surface area contributed by atoms with Gasteiger partial charge < -0.3 is 20.0 Å². The molecule has 3 rings (SSSR count). The maximum atomic E-state index is 10.3. The molecule has 0 aromatic heterocycles. The summed E-state index contributed by atoms with van der Waals surface area (Å²) >= 11 is 0. The highest BCUT2D eigenvalue weighted by Crippen LogP contribution is 2.34. The first kappa shape index (κ1) is 16.2. The van der Waals surface area contributed by atoms with Crippen LogP contribution in [0.3, 0.4) is 0 Å². The zero-order chi connectivity index (χ0) is 17.3. The number of aromatic hydroxyl groups is 1. The molecule has 0 bridgehead atoms. The van der Waals surface area contributed by atoms with E-state index in [1.54, 1.807) is 14.2 Å². The number of phenols is 1. The second-order valence-corrected chi connectivity index (χ2v) is 6.04. The number of nitrogens with one attached hydrogen (secondary N) is 1. The van der Waals surface area contributed by atoms with Gasteiger partial charge in [0.2, 0.25) is 0 Å². The summed E-state index contributed by atoms with van der Waals surface area (Å²) in [6, 6.07) is 9.82. The Morgan fingerprint density at radius 1 is 1.08 bits per heavy atom. The Balaban J connectivity index is 1.85. The van der Waals surface area contributed by atoms with E-state index in [1.807, 2.05) is 44.2 Å². The molecular weight excluding hydrogens is 304 g/mol. The third kappa shape index (κ3) is 2.89. The van der Waals surface area contributed by atoms with Gasteiger partial charge in [-0.25, -0.2) is 0 Å². The maximum Gasteiger partial charge on any atom is 0.161 e. The molecule has 0 radical (unpaired) electrons. The van der Waals surface area contributed by atoms with E-state index in [2.05, 4.69) is 10.5 Å². The number of ether oxygens (including phenoxy) is 2. The lowest BCUT2D eigenvalue weighted by molar-refractivity contribution is 0.354. The van der Waals surface area contributed by atoms with E-state index >= 15 is 0 Å². The molecule has 1 aliphatic rings. The van der Waals surface area contributed by atoms with Gasteiger partial charge in [0, 0.05) is 12.0 Å². The van der Waals surface area contributed by atoms with Gasteiger partial charge >= 0.3 is 0 Å². The van der Waals surface area contributed by atoms with E-state index < -0.39 is 0 Å². The first-order valence-electron chi connectivity index (χ1n) is 7.88. The molecule has 2 aromatic carbocycles. The molecule has 0 aliphatic carbocycles. The molecule has 1 aliphatic heterocycles. The highest BCUT2D eigenvalue weighted by molar-refractivity contribution is 6.04. The molecule has 0 saturated carbocycles. The van der Waals surface area contributed by atoms with Gasteiger partial charge in [-0.05, 0) is 48.7 Å². The molecular formula is C19H22N2O3. The number of aryl methyl sites for hydroxylation is 2. The maximum absolute atomic E-state index is 10.3. The third-order valence-corrected chi connectivity index (χ3v) is 4.32. The van der Waals surface area contributed by atoms with E-state index in [9.17, 15) is 5.11 Å². The number of methoxy groups -OCH3 is 2. The molecule has 126 valence electrons. The van der Waals surface area contributed by atoms with Crippen LogP contribution in [0.15, 0.2) is 35.4 Å². The van der Waals surface area contributed by atoms with Crippen molar-refractivity contribution in [2.45, 2.75) is 26.3 Å². The normalized spacial score (nSPS) is 16.5. The van der Waals surface area contributed by atoms with Crippen LogP contribution < -0.4 is 14.9 Å². The van der Waals surface area contributed by atoms with Crippen LogP contribution in [-0.4, -0.2) is 25.0 Å². The van der Waals surface area contributed by atoms with Crippen molar-refractivity contribution in [3.8, 4) is 17.2 Å². The monoisotopic (exact) mass is 326 g/mol. The number of hydrogen-bond donors (Lipinski definition) is 2. The fourth-order valence-corrected chi connectivity index (χ4v) is 3.05. The minimum atomic E-state index is 0.0417. The Hall–Kier alpha value is -2.69. The lowest BCUT2D eigenvalue weighted by Gasteiger charge is -2.14. The standard InChI is InChI=1S/C19H22N2O3/c1-11-7-12(2)19(22)14(8-11)16-10-15(20-21-16)13-5-6-17(23-3)18(9-13)24-4/h5-9,15,20,22H,10H2,1-4H3/t15-/m1/s1. The highest BCUT2D eigenvalue weighted by Gasteiger charge is 2.24. The van der Waals surface area contributed by atoms with E-state index in [4.69, 9.17) is 9.47 Å². The smallest absolute Gasteiger partial charge is 0.161 e. The largest absolute Gasteiger partial charge is 0.507 e. The molecule has 2 N–H and O–H groups in total. The number of phenolic OH excluding ortho intramolecular Hbond substituents is 1. The van der Waals surface area contributed by atoms with Gasteiger partial charge in [0.15, 0.2) is 11.5 Å². The topological polar surface area (TPSA) is 63.1 Å². The number of hydrogen-bond acceptors (Lipinski definition) is 5. The van der Waals surface area contributed by atoms with Gasteiger partial charge in [-0.1, -0.05) is 12.1 Å². The summed E-state index contributed by atoms with van der Waals surface area (Å²) in [4.78, 5) is 0. The number of benzene rings is 2. The lowest BCUT2D eigenvalue weighted by Crippen LogP contribution is -2.10. The quantitative estimate of drug-likeness (QED) is 0.903. The van der Waals surface area contributed by atoms with Crippen molar-refractivity contribution in [2.24, 2.45) is 5.10 Å². The summed E-state index contributed by atoms with van der Waals surface area (Å²) < 4.78 is 10.6. The third-order valence-electron chi connectivity index (χ3n) is 4.32. The van der Waals surface area contributed by atoms with Crippen molar-refractivity contribution in [3.63, 3.8) is 0 Å². The predicted octanol–water partition coefficient (Wildman–Crippen LogP) is 3.46. The van der Waals surface area contributed by atoms with E-state index in [0.717, 1.165) is 28.0 Å². The Labute approximate surface area is 141 Å². The zero-order valence-electron chi connectivity index (χ0n) is 14.4. The van der Waals surface area contributed by atoms with Gasteiger partial charge in [-0.2, -0.15) is 5.10 Å². The average Bonchev–Trinajstić information content (AvgIpc) is 3.07. The molecule has 2 aromatic rings. The van der Waals surface area contributed by atoms with Crippen molar-refractivity contribution >= 4 is 5.71 Å². The van der Waals surface area contributed by atoms with Crippen LogP contribution in [0.4, 0.5) is 0 Å². The van der Waals surface area contributed by atoms with Gasteiger partial charge in [-0.15, -0.1) is 0 Å². The molecule has 5 heteroatoms. The van der Waals surface area contributed by atoms with E-state index in [-0.39, 0.29) is 6.04 Å². The van der Waals surface area contributed by atoms with Crippen molar-refractivity contribution < 1.29 is 14.6 Å². The summed E-state index contributed by atoms with van der Waals surface area (Å²) in [5, 5.41) is 14.8. The fourth-order valence-electron chi connectivity index (χ4n) is 3.05. The molecule has 0 fully saturated rings. The molecule has 0 spiro atoms. The summed E-state index contributed by atoms with van der Waals surface area (Å²) in [5.74, 6) is 1.70. The van der Waals surface area contributed by atoms with Crippen LogP contribution in [0.25, 0.3) is 0 Å². The van der Waals surface area contributed by atoms with Crippen molar-refractivity contribution in [3.05, 3.63) is 52.6 Å². The van der Waals surface area contributed by atoms with Crippen molar-refractivity contribution in [2.75, 3.05) is 14.2 Å². The molecule has 0 unspecified atom stereocenters. The van der Waals surface area contributed by atoms with Crippen LogP contribution in [-0.2, 0) is 0 Å². The van der Waals surface area contributed by atoms with Gasteiger partial charge in [0.05, 0.1) is 26.0 Å². The van der Waals surface area contributed by atoms with Crippen LogP contribution in [0.1, 0.15) is 34.7 Å². The van der Waals surface area contributed by atoms with Crippen LogP contribution in [0.5, 0.6) is 17.2 Å². The van der Waals surface area contributed by atoms with Crippen molar-refractivity contribution in [1.82, 2.24) is 5.43 Å². The molecule has 0 amide bonds. The molecule has 1 atom stereocenters. The Morgan fingerprint density at radius 3 is 2.54 bits per heavy atom. The van der Waals surface area contributed by atoms with E-state index in [0.29, 0.717) is 23.7 Å². The summed E-state index contributed by atoms with van der Waals surface area (Å²) in [6.07, 6.45) is 0.700. The first-order chi connectivity index (χ1) is 11.5. The second-order valence-electron chi connectivity index (χ2n) is 6.04. The molecule has 1 heterocycles. The predicted molar refractivity (Wildman–Crippen MR) is 94.2 cm³/mol. The minimum absolute atomic E-state index is 0.0417. The lowest BCUT2D eigenvalue weighted by atomic mass is 9.96. The molecule has 24 heavy (non-hydrogen) atoms. The van der Waals surface area contributed by atoms with E-state index in [1.165, 1.54) is 0 Å². The fraction of sp³-hybridized carbons (Fsp3) is 0.316. The van der Waals surface area contributed by atoms with Crippen LogP contribution >= 0.6 is 0 Å². The molecule has 5 nitrogen and oxygen atoms in total. The van der Waals surface area contributed by atoms with Gasteiger partial charge in [-0.3, -0.25) is 0 Å². The summed E-state index contributed by atoms with van der Waals surface area (Å²) in [7, 11) is 3.24. The average molecular weight is 326 g/mol.